The highest BCUT2D eigenvalue weighted by atomic mass is 32.1. The number of aryl methyl sites for hydroxylation is 1. The average Bonchev–Trinajstić information content (AvgIpc) is 3.03. The van der Waals surface area contributed by atoms with Crippen molar-refractivity contribution < 1.29 is 4.74 Å². The lowest BCUT2D eigenvalue weighted by Crippen LogP contribution is -2.37. The van der Waals surface area contributed by atoms with Gasteiger partial charge in [-0.05, 0) is 12.5 Å². The number of hydrogen-bond acceptors (Lipinski definition) is 4. The predicted molar refractivity (Wildman–Crippen MR) is 94.1 cm³/mol. The van der Waals surface area contributed by atoms with Crippen LogP contribution >= 0.6 is 11.3 Å². The molecule has 0 fully saturated rings. The summed E-state index contributed by atoms with van der Waals surface area (Å²) in [5, 5.41) is 4.43. The normalized spacial score (nSPS) is 17.4. The highest BCUT2D eigenvalue weighted by molar-refractivity contribution is 7.11. The van der Waals surface area contributed by atoms with Crippen LogP contribution in [0, 0.1) is 0 Å². The van der Waals surface area contributed by atoms with Gasteiger partial charge in [-0.15, -0.1) is 11.3 Å². The molecule has 0 spiro atoms. The number of nitrogens with one attached hydrogen (secondary N) is 1. The summed E-state index contributed by atoms with van der Waals surface area (Å²) in [6.07, 6.45) is 4.70. The summed E-state index contributed by atoms with van der Waals surface area (Å²) in [5.74, 6) is 1.41. The molecule has 1 atom stereocenters. The highest BCUT2D eigenvalue weighted by Gasteiger charge is 2.21. The minimum atomic E-state index is 0.162. The second-order valence-corrected chi connectivity index (χ2v) is 6.66. The molecule has 0 bridgehead atoms. The molecule has 0 amide bonds. The molecule has 5 nitrogen and oxygen atoms in total. The molecule has 1 aromatic carbocycles. The Morgan fingerprint density at radius 1 is 1.48 bits per heavy atom. The number of fused-ring (bicyclic) bond motifs is 1. The zero-order valence-corrected chi connectivity index (χ0v) is 14.1. The van der Waals surface area contributed by atoms with E-state index >= 15 is 0 Å². The van der Waals surface area contributed by atoms with Crippen LogP contribution in [0.1, 0.15) is 34.8 Å². The lowest BCUT2D eigenvalue weighted by atomic mass is 10.0. The Labute approximate surface area is 140 Å². The summed E-state index contributed by atoms with van der Waals surface area (Å²) in [5.41, 5.74) is 7.18. The monoisotopic (exact) mass is 330 g/mol. The quantitative estimate of drug-likeness (QED) is 0.653. The molecule has 1 unspecified atom stereocenters. The SMILES string of the molecule is CCc1cnc(CCN=C(N)NC2CCOc3ccccc32)s1. The number of ether oxygens (including phenoxy) is 1. The molecule has 1 aromatic heterocycles. The van der Waals surface area contributed by atoms with E-state index in [1.165, 1.54) is 4.88 Å². The van der Waals surface area contributed by atoms with Crippen LogP contribution in [-0.2, 0) is 12.8 Å². The van der Waals surface area contributed by atoms with Crippen LogP contribution < -0.4 is 15.8 Å². The maximum atomic E-state index is 6.04. The Bertz CT molecular complexity index is 683. The van der Waals surface area contributed by atoms with Crippen molar-refractivity contribution in [2.24, 2.45) is 10.7 Å². The number of para-hydroxylation sites is 1. The summed E-state index contributed by atoms with van der Waals surface area (Å²) in [7, 11) is 0. The molecular weight excluding hydrogens is 308 g/mol. The molecule has 23 heavy (non-hydrogen) atoms. The van der Waals surface area contributed by atoms with Gasteiger partial charge < -0.3 is 15.8 Å². The summed E-state index contributed by atoms with van der Waals surface area (Å²) >= 11 is 1.75. The molecule has 0 saturated heterocycles. The van der Waals surface area contributed by atoms with Gasteiger partial charge in [0, 0.05) is 36.0 Å². The Morgan fingerprint density at radius 2 is 2.35 bits per heavy atom. The van der Waals surface area contributed by atoms with Crippen LogP contribution in [0.5, 0.6) is 5.75 Å². The summed E-state index contributed by atoms with van der Waals surface area (Å²) in [4.78, 5) is 10.1. The lowest BCUT2D eigenvalue weighted by molar-refractivity contribution is 0.262. The molecular formula is C17H22N4OS. The van der Waals surface area contributed by atoms with Gasteiger partial charge >= 0.3 is 0 Å². The van der Waals surface area contributed by atoms with E-state index in [2.05, 4.69) is 28.3 Å². The van der Waals surface area contributed by atoms with E-state index in [1.807, 2.05) is 24.4 Å². The van der Waals surface area contributed by atoms with Gasteiger partial charge in [0.15, 0.2) is 5.96 Å². The van der Waals surface area contributed by atoms with E-state index in [-0.39, 0.29) is 6.04 Å². The maximum Gasteiger partial charge on any atom is 0.189 e. The van der Waals surface area contributed by atoms with Crippen molar-refractivity contribution in [3.8, 4) is 5.75 Å². The Kier molecular flexibility index (Phi) is 5.12. The van der Waals surface area contributed by atoms with Crippen LogP contribution in [0.3, 0.4) is 0 Å². The molecule has 1 aliphatic rings. The van der Waals surface area contributed by atoms with E-state index in [9.17, 15) is 0 Å². The summed E-state index contributed by atoms with van der Waals surface area (Å²) in [6, 6.07) is 8.22. The zero-order valence-electron chi connectivity index (χ0n) is 13.3. The second kappa shape index (κ2) is 7.46. The molecule has 0 aliphatic carbocycles. The van der Waals surface area contributed by atoms with Crippen molar-refractivity contribution in [2.75, 3.05) is 13.2 Å². The van der Waals surface area contributed by atoms with E-state index in [0.717, 1.165) is 35.6 Å². The fourth-order valence-corrected chi connectivity index (χ4v) is 3.47. The number of aromatic nitrogens is 1. The largest absolute Gasteiger partial charge is 0.493 e. The van der Waals surface area contributed by atoms with Crippen molar-refractivity contribution in [3.63, 3.8) is 0 Å². The van der Waals surface area contributed by atoms with Crippen molar-refractivity contribution in [3.05, 3.63) is 45.9 Å². The van der Waals surface area contributed by atoms with E-state index < -0.39 is 0 Å². The maximum absolute atomic E-state index is 6.04. The van der Waals surface area contributed by atoms with Crippen molar-refractivity contribution in [1.29, 1.82) is 0 Å². The zero-order chi connectivity index (χ0) is 16.1. The van der Waals surface area contributed by atoms with Gasteiger partial charge in [-0.2, -0.15) is 0 Å². The van der Waals surface area contributed by atoms with Gasteiger partial charge in [0.1, 0.15) is 5.75 Å². The van der Waals surface area contributed by atoms with Gasteiger partial charge in [-0.3, -0.25) is 4.99 Å². The molecule has 3 N–H and O–H groups in total. The molecule has 2 heterocycles. The molecule has 122 valence electrons. The first-order valence-corrected chi connectivity index (χ1v) is 8.79. The third kappa shape index (κ3) is 4.01. The average molecular weight is 330 g/mol. The van der Waals surface area contributed by atoms with Crippen molar-refractivity contribution in [2.45, 2.75) is 32.2 Å². The van der Waals surface area contributed by atoms with Gasteiger partial charge in [0.25, 0.3) is 0 Å². The molecule has 1 aliphatic heterocycles. The number of guanidine groups is 1. The van der Waals surface area contributed by atoms with Crippen LogP contribution in [0.25, 0.3) is 0 Å². The minimum absolute atomic E-state index is 0.162. The van der Waals surface area contributed by atoms with Crippen LogP contribution in [0.2, 0.25) is 0 Å². The van der Waals surface area contributed by atoms with E-state index in [1.54, 1.807) is 11.3 Å². The molecule has 2 aromatic rings. The van der Waals surface area contributed by atoms with E-state index in [4.69, 9.17) is 10.5 Å². The predicted octanol–water partition coefficient (Wildman–Crippen LogP) is 2.68. The summed E-state index contributed by atoms with van der Waals surface area (Å²) in [6.45, 7) is 3.49. The second-order valence-electron chi connectivity index (χ2n) is 5.46. The van der Waals surface area contributed by atoms with Crippen LogP contribution in [0.4, 0.5) is 0 Å². The lowest BCUT2D eigenvalue weighted by Gasteiger charge is -2.26. The number of nitrogens with two attached hydrogens (primary N) is 1. The minimum Gasteiger partial charge on any atom is -0.493 e. The van der Waals surface area contributed by atoms with Gasteiger partial charge in [0.2, 0.25) is 0 Å². The topological polar surface area (TPSA) is 72.5 Å². The van der Waals surface area contributed by atoms with Crippen LogP contribution in [-0.4, -0.2) is 24.1 Å². The molecule has 3 rings (SSSR count). The summed E-state index contributed by atoms with van der Waals surface area (Å²) < 4.78 is 5.66. The van der Waals surface area contributed by atoms with Crippen molar-refractivity contribution in [1.82, 2.24) is 10.3 Å². The third-order valence-electron chi connectivity index (χ3n) is 3.84. The van der Waals surface area contributed by atoms with Gasteiger partial charge in [-0.1, -0.05) is 25.1 Å². The number of aliphatic imine (C=N–C) groups is 1. The first kappa shape index (κ1) is 15.8. The first-order chi connectivity index (χ1) is 11.3. The number of benzene rings is 1. The Balaban J connectivity index is 1.55. The molecule has 0 saturated carbocycles. The third-order valence-corrected chi connectivity index (χ3v) is 5.04. The Morgan fingerprint density at radius 3 is 3.17 bits per heavy atom. The number of rotatable bonds is 5. The fraction of sp³-hybridized carbons (Fsp3) is 0.412. The number of thiazole rings is 1. The molecule has 0 radical (unpaired) electrons. The molecule has 6 heteroatoms. The fourth-order valence-electron chi connectivity index (χ4n) is 2.62. The smallest absolute Gasteiger partial charge is 0.189 e. The number of nitrogens with zero attached hydrogens (tertiary/aromatic N) is 2. The van der Waals surface area contributed by atoms with Gasteiger partial charge in [-0.25, -0.2) is 4.98 Å². The van der Waals surface area contributed by atoms with Crippen molar-refractivity contribution >= 4 is 17.3 Å². The highest BCUT2D eigenvalue weighted by Crippen LogP contribution is 2.31. The van der Waals surface area contributed by atoms with Crippen LogP contribution in [0.15, 0.2) is 35.5 Å². The van der Waals surface area contributed by atoms with E-state index in [0.29, 0.717) is 19.1 Å². The Hall–Kier alpha value is -2.08. The van der Waals surface area contributed by atoms with Gasteiger partial charge in [0.05, 0.1) is 17.7 Å². The first-order valence-electron chi connectivity index (χ1n) is 7.98. The standard InChI is InChI=1S/C17H22N4OS/c1-2-12-11-20-16(23-12)7-9-19-17(18)21-14-8-10-22-15-6-4-3-5-13(14)15/h3-6,11,14H,2,7-10H2,1H3,(H3,18,19,21). The number of hydrogen-bond donors (Lipinski definition) is 2.